The van der Waals surface area contributed by atoms with Gasteiger partial charge in [0, 0.05) is 43.9 Å². The third-order valence-electron chi connectivity index (χ3n) is 10.1. The van der Waals surface area contributed by atoms with E-state index in [9.17, 15) is 0 Å². The zero-order chi connectivity index (χ0) is 34.2. The highest BCUT2D eigenvalue weighted by Gasteiger charge is 2.21. The monoisotopic (exact) mass is 664 g/mol. The van der Waals surface area contributed by atoms with Gasteiger partial charge in [-0.1, -0.05) is 127 Å². The number of hydrogen-bond donors (Lipinski definition) is 0. The summed E-state index contributed by atoms with van der Waals surface area (Å²) in [4.78, 5) is 20.3. The van der Waals surface area contributed by atoms with E-state index in [4.69, 9.17) is 19.9 Å². The van der Waals surface area contributed by atoms with Crippen LogP contribution in [0.15, 0.2) is 170 Å². The normalized spacial score (nSPS) is 11.8. The summed E-state index contributed by atoms with van der Waals surface area (Å²) in [5.41, 5.74) is 10.3. The molecule has 0 aliphatic heterocycles. The van der Waals surface area contributed by atoms with Crippen molar-refractivity contribution in [3.05, 3.63) is 170 Å². The molecule has 7 aromatic carbocycles. The molecule has 6 nitrogen and oxygen atoms in total. The van der Waals surface area contributed by atoms with E-state index >= 15 is 0 Å². The zero-order valence-electron chi connectivity index (χ0n) is 27.8. The predicted octanol–water partition coefficient (Wildman–Crippen LogP) is 11.1. The molecule has 0 bridgehead atoms. The quantitative estimate of drug-likeness (QED) is 0.176. The summed E-state index contributed by atoms with van der Waals surface area (Å²) in [6.07, 6.45) is 0. The molecular formula is C46H28N6. The molecule has 11 rings (SSSR count). The van der Waals surface area contributed by atoms with E-state index in [0.717, 1.165) is 61.0 Å². The number of nitrogens with zero attached hydrogens (tertiary/aromatic N) is 6. The molecule has 0 atom stereocenters. The highest BCUT2D eigenvalue weighted by Crippen LogP contribution is 2.42. The van der Waals surface area contributed by atoms with Gasteiger partial charge in [0.05, 0.1) is 27.6 Å². The highest BCUT2D eigenvalue weighted by molar-refractivity contribution is 6.29. The average molecular weight is 665 g/mol. The first-order valence-electron chi connectivity index (χ1n) is 17.4. The van der Waals surface area contributed by atoms with Crippen LogP contribution in [0.1, 0.15) is 0 Å². The molecule has 0 fully saturated rings. The van der Waals surface area contributed by atoms with E-state index in [2.05, 4.69) is 118 Å². The first-order valence-corrected chi connectivity index (χ1v) is 17.4. The van der Waals surface area contributed by atoms with Gasteiger partial charge < -0.3 is 4.57 Å². The third-order valence-corrected chi connectivity index (χ3v) is 10.1. The first kappa shape index (κ1) is 28.6. The molecule has 0 saturated heterocycles. The number of pyridine rings is 1. The van der Waals surface area contributed by atoms with Crippen LogP contribution in [0.2, 0.25) is 0 Å². The Morgan fingerprint density at radius 1 is 0.346 bits per heavy atom. The van der Waals surface area contributed by atoms with Crippen molar-refractivity contribution in [2.45, 2.75) is 0 Å². The van der Waals surface area contributed by atoms with Crippen molar-refractivity contribution < 1.29 is 0 Å². The van der Waals surface area contributed by atoms with Crippen molar-refractivity contribution in [2.75, 3.05) is 0 Å². The number of aromatic nitrogens is 6. The Hall–Kier alpha value is -7.18. The molecule has 4 heterocycles. The number of imidazole rings is 1. The molecule has 242 valence electrons. The van der Waals surface area contributed by atoms with Crippen LogP contribution in [-0.4, -0.2) is 28.9 Å². The second-order valence-corrected chi connectivity index (χ2v) is 13.1. The van der Waals surface area contributed by atoms with Crippen molar-refractivity contribution >= 4 is 60.2 Å². The van der Waals surface area contributed by atoms with Crippen LogP contribution in [-0.2, 0) is 0 Å². The topological polar surface area (TPSA) is 60.9 Å². The fourth-order valence-electron chi connectivity index (χ4n) is 7.85. The molecule has 0 spiro atoms. The summed E-state index contributed by atoms with van der Waals surface area (Å²) in [5.74, 6) is 1.90. The third kappa shape index (κ3) is 4.25. The van der Waals surface area contributed by atoms with E-state index in [-0.39, 0.29) is 0 Å². The van der Waals surface area contributed by atoms with Crippen molar-refractivity contribution in [1.82, 2.24) is 28.9 Å². The van der Waals surface area contributed by atoms with Crippen LogP contribution in [0.5, 0.6) is 0 Å². The molecule has 0 N–H and O–H groups in total. The molecule has 11 aromatic rings. The number of para-hydroxylation sites is 4. The van der Waals surface area contributed by atoms with E-state index in [1.807, 2.05) is 60.7 Å². The first-order chi connectivity index (χ1) is 25.8. The number of benzene rings is 7. The maximum atomic E-state index is 5.28. The Morgan fingerprint density at radius 3 is 1.65 bits per heavy atom. The second-order valence-electron chi connectivity index (χ2n) is 13.1. The SMILES string of the molecule is c1ccc(-c2nc(-c3ccccc3)nc(-c3cccc(-n4c5ccccc5c5c6c(ccc54)c4ccccc4n4c5ccccc5nc64)c3)n2)cc1. The van der Waals surface area contributed by atoms with Gasteiger partial charge in [0.2, 0.25) is 0 Å². The molecule has 0 amide bonds. The summed E-state index contributed by atoms with van der Waals surface area (Å²) < 4.78 is 4.69. The Balaban J connectivity index is 1.19. The standard InChI is InChI=1S/C46H28N6/c1-3-14-29(15-4-1)43-48-44(30-16-5-2-6-17-30)50-45(49-43)31-18-13-19-32(28-31)51-38-24-11-8-21-35(38)41-40(51)27-26-34-33-20-7-10-23-37(33)52-39-25-12-9-22-36(39)47-46(52)42(34)41/h1-28H. The predicted molar refractivity (Wildman–Crippen MR) is 212 cm³/mol. The molecule has 0 unspecified atom stereocenters. The molecule has 6 heteroatoms. The molecule has 0 radical (unpaired) electrons. The lowest BCUT2D eigenvalue weighted by molar-refractivity contribution is 1.07. The fraction of sp³-hybridized carbons (Fsp3) is 0. The van der Waals surface area contributed by atoms with Crippen molar-refractivity contribution in [1.29, 1.82) is 0 Å². The summed E-state index contributed by atoms with van der Waals surface area (Å²) in [6.45, 7) is 0. The lowest BCUT2D eigenvalue weighted by atomic mass is 10.0. The minimum Gasteiger partial charge on any atom is -0.309 e. The molecule has 0 aliphatic carbocycles. The van der Waals surface area contributed by atoms with Gasteiger partial charge in [0.1, 0.15) is 5.65 Å². The van der Waals surface area contributed by atoms with Gasteiger partial charge in [-0.3, -0.25) is 4.40 Å². The maximum Gasteiger partial charge on any atom is 0.164 e. The number of hydrogen-bond acceptors (Lipinski definition) is 4. The van der Waals surface area contributed by atoms with Crippen LogP contribution in [0.25, 0.3) is 100 Å². The summed E-state index contributed by atoms with van der Waals surface area (Å²) in [6, 6.07) is 59.0. The lowest BCUT2D eigenvalue weighted by Gasteiger charge is -2.13. The van der Waals surface area contributed by atoms with Gasteiger partial charge >= 0.3 is 0 Å². The van der Waals surface area contributed by atoms with E-state index in [0.29, 0.717) is 17.5 Å². The Morgan fingerprint density at radius 2 is 0.923 bits per heavy atom. The smallest absolute Gasteiger partial charge is 0.164 e. The van der Waals surface area contributed by atoms with E-state index in [1.165, 1.54) is 21.5 Å². The summed E-state index contributed by atoms with van der Waals surface area (Å²) >= 11 is 0. The second kappa shape index (κ2) is 11.2. The van der Waals surface area contributed by atoms with Crippen molar-refractivity contribution in [3.8, 4) is 39.9 Å². The summed E-state index contributed by atoms with van der Waals surface area (Å²) in [5, 5.41) is 5.90. The van der Waals surface area contributed by atoms with Gasteiger partial charge in [-0.05, 0) is 47.9 Å². The van der Waals surface area contributed by atoms with Gasteiger partial charge in [-0.25, -0.2) is 19.9 Å². The minimum atomic E-state index is 0.623. The maximum absolute atomic E-state index is 5.28. The minimum absolute atomic E-state index is 0.623. The average Bonchev–Trinajstić information content (AvgIpc) is 3.78. The Labute approximate surface area is 297 Å². The molecular weight excluding hydrogens is 637 g/mol. The van der Waals surface area contributed by atoms with Gasteiger partial charge in [0.15, 0.2) is 17.5 Å². The van der Waals surface area contributed by atoms with Crippen LogP contribution in [0.4, 0.5) is 0 Å². The molecule has 0 saturated carbocycles. The number of rotatable bonds is 4. The van der Waals surface area contributed by atoms with Crippen LogP contribution in [0, 0.1) is 0 Å². The fourth-order valence-corrected chi connectivity index (χ4v) is 7.85. The van der Waals surface area contributed by atoms with Gasteiger partial charge in [0.25, 0.3) is 0 Å². The summed E-state index contributed by atoms with van der Waals surface area (Å²) in [7, 11) is 0. The Bertz CT molecular complexity index is 3120. The zero-order valence-corrected chi connectivity index (χ0v) is 27.8. The van der Waals surface area contributed by atoms with Crippen LogP contribution < -0.4 is 0 Å². The van der Waals surface area contributed by atoms with Crippen LogP contribution >= 0.6 is 0 Å². The van der Waals surface area contributed by atoms with Crippen molar-refractivity contribution in [3.63, 3.8) is 0 Å². The van der Waals surface area contributed by atoms with E-state index < -0.39 is 0 Å². The van der Waals surface area contributed by atoms with Crippen LogP contribution in [0.3, 0.4) is 0 Å². The molecule has 52 heavy (non-hydrogen) atoms. The largest absolute Gasteiger partial charge is 0.309 e. The van der Waals surface area contributed by atoms with Gasteiger partial charge in [-0.15, -0.1) is 0 Å². The van der Waals surface area contributed by atoms with Gasteiger partial charge in [-0.2, -0.15) is 0 Å². The Kier molecular flexibility index (Phi) is 6.15. The molecule has 0 aliphatic rings. The van der Waals surface area contributed by atoms with E-state index in [1.54, 1.807) is 0 Å². The highest BCUT2D eigenvalue weighted by atomic mass is 15.0. The van der Waals surface area contributed by atoms with Crippen molar-refractivity contribution in [2.24, 2.45) is 0 Å². The number of fused-ring (bicyclic) bond motifs is 12. The lowest BCUT2D eigenvalue weighted by Crippen LogP contribution is -2.01. The molecule has 4 aromatic heterocycles.